The van der Waals surface area contributed by atoms with E-state index >= 15 is 0 Å². The number of carbonyl (C=O) groups excluding carboxylic acids is 1. The van der Waals surface area contributed by atoms with Gasteiger partial charge in [0.25, 0.3) is 0 Å². The monoisotopic (exact) mass is 144 g/mol. The van der Waals surface area contributed by atoms with Crippen molar-refractivity contribution < 1.29 is 4.79 Å². The lowest BCUT2D eigenvalue weighted by atomic mass is 10.3. The van der Waals surface area contributed by atoms with Crippen molar-refractivity contribution in [3.8, 4) is 0 Å². The molecule has 0 unspecified atom stereocenters. The van der Waals surface area contributed by atoms with E-state index in [-0.39, 0.29) is 0 Å². The Morgan fingerprint density at radius 2 is 2.00 bits per heavy atom. The van der Waals surface area contributed by atoms with Crippen LogP contribution in [-0.2, 0) is 0 Å². The van der Waals surface area contributed by atoms with Crippen LogP contribution < -0.4 is 11.5 Å². The van der Waals surface area contributed by atoms with Crippen LogP contribution in [0, 0.1) is 0 Å². The van der Waals surface area contributed by atoms with Crippen LogP contribution in [0.3, 0.4) is 0 Å². The number of nitrogens with two attached hydrogens (primary N) is 2. The summed E-state index contributed by atoms with van der Waals surface area (Å²) in [5.41, 5.74) is 8.50. The van der Waals surface area contributed by atoms with Crippen molar-refractivity contribution in [1.29, 1.82) is 0 Å². The molecule has 0 aromatic heterocycles. The van der Waals surface area contributed by atoms with Gasteiger partial charge < -0.3 is 11.5 Å². The van der Waals surface area contributed by atoms with Gasteiger partial charge in [-0.1, -0.05) is 25.8 Å². The number of hydrogen-bond acceptors (Lipinski definition) is 1. The third-order valence-electron chi connectivity index (χ3n) is 0.762. The van der Waals surface area contributed by atoms with E-state index < -0.39 is 6.03 Å². The molecule has 0 aliphatic carbocycles. The highest BCUT2D eigenvalue weighted by Gasteiger charge is 1.71. The fourth-order valence-corrected chi connectivity index (χ4v) is 0.348. The standard InChI is InChI=1S/C6H12.CH4N2O/c1-3-5-6-4-2;2-1(3)4/h3H,1,4-6H2,2H3;(H4,2,3,4). The van der Waals surface area contributed by atoms with E-state index in [0.717, 1.165) is 0 Å². The number of unbranched alkanes of at least 4 members (excludes halogenated alkanes) is 2. The van der Waals surface area contributed by atoms with Crippen molar-refractivity contribution in [2.24, 2.45) is 11.5 Å². The summed E-state index contributed by atoms with van der Waals surface area (Å²) in [5, 5.41) is 0. The SMILES string of the molecule is C=CCCCC.NC(N)=O. The molecule has 0 aromatic rings. The molecule has 0 spiro atoms. The smallest absolute Gasteiger partial charge is 0.309 e. The summed E-state index contributed by atoms with van der Waals surface area (Å²) in [7, 11) is 0. The Kier molecular flexibility index (Phi) is 12.8. The molecule has 3 nitrogen and oxygen atoms in total. The Morgan fingerprint density at radius 1 is 1.60 bits per heavy atom. The summed E-state index contributed by atoms with van der Waals surface area (Å²) in [6.45, 7) is 5.78. The highest BCUT2D eigenvalue weighted by atomic mass is 16.2. The van der Waals surface area contributed by atoms with Crippen molar-refractivity contribution in [2.45, 2.75) is 26.2 Å². The highest BCUT2D eigenvalue weighted by Crippen LogP contribution is 1.91. The molecule has 0 aromatic carbocycles. The Morgan fingerprint density at radius 3 is 2.10 bits per heavy atom. The summed E-state index contributed by atoms with van der Waals surface area (Å²) >= 11 is 0. The second kappa shape index (κ2) is 10.9. The average Bonchev–Trinajstić information content (AvgIpc) is 1.82. The number of carbonyl (C=O) groups is 1. The first-order chi connectivity index (χ1) is 4.65. The maximum atomic E-state index is 9.00. The largest absolute Gasteiger partial charge is 0.352 e. The molecule has 10 heavy (non-hydrogen) atoms. The Hall–Kier alpha value is -0.990. The minimum atomic E-state index is -0.833. The van der Waals surface area contributed by atoms with Gasteiger partial charge in [0.15, 0.2) is 0 Å². The number of allylic oxidation sites excluding steroid dienone is 1. The maximum absolute atomic E-state index is 9.00. The lowest BCUT2D eigenvalue weighted by Gasteiger charge is -1.81. The molecule has 3 heteroatoms. The first-order valence-corrected chi connectivity index (χ1v) is 3.31. The van der Waals surface area contributed by atoms with Crippen LogP contribution >= 0.6 is 0 Å². The summed E-state index contributed by atoms with van der Waals surface area (Å²) in [5.74, 6) is 0. The van der Waals surface area contributed by atoms with Crippen LogP contribution in [0.15, 0.2) is 12.7 Å². The normalized spacial score (nSPS) is 7.30. The lowest BCUT2D eigenvalue weighted by Crippen LogP contribution is -2.18. The summed E-state index contributed by atoms with van der Waals surface area (Å²) in [6.07, 6.45) is 5.72. The van der Waals surface area contributed by atoms with Crippen molar-refractivity contribution in [1.82, 2.24) is 0 Å². The third kappa shape index (κ3) is 62.7. The molecular formula is C7H16N2O. The van der Waals surface area contributed by atoms with Gasteiger partial charge in [-0.3, -0.25) is 0 Å². The minimum Gasteiger partial charge on any atom is -0.352 e. The Balaban J connectivity index is 0. The van der Waals surface area contributed by atoms with E-state index in [1.54, 1.807) is 0 Å². The molecule has 0 saturated heterocycles. The zero-order valence-electron chi connectivity index (χ0n) is 6.47. The maximum Gasteiger partial charge on any atom is 0.309 e. The fraction of sp³-hybridized carbons (Fsp3) is 0.571. The fourth-order valence-electron chi connectivity index (χ4n) is 0.348. The van der Waals surface area contributed by atoms with E-state index in [4.69, 9.17) is 4.79 Å². The van der Waals surface area contributed by atoms with Crippen LogP contribution in [0.1, 0.15) is 26.2 Å². The second-order valence-electron chi connectivity index (χ2n) is 1.83. The van der Waals surface area contributed by atoms with Crippen molar-refractivity contribution >= 4 is 6.03 Å². The minimum absolute atomic E-state index is 0.833. The number of hydrogen-bond donors (Lipinski definition) is 2. The summed E-state index contributed by atoms with van der Waals surface area (Å²) in [6, 6.07) is -0.833. The van der Waals surface area contributed by atoms with E-state index in [2.05, 4.69) is 25.0 Å². The molecule has 0 atom stereocenters. The Labute approximate surface area is 62.1 Å². The van der Waals surface area contributed by atoms with Gasteiger partial charge in [0.1, 0.15) is 0 Å². The average molecular weight is 144 g/mol. The predicted octanol–water partition coefficient (Wildman–Crippen LogP) is 1.39. The van der Waals surface area contributed by atoms with Gasteiger partial charge in [0.05, 0.1) is 0 Å². The second-order valence-corrected chi connectivity index (χ2v) is 1.83. The molecule has 0 bridgehead atoms. The van der Waals surface area contributed by atoms with Gasteiger partial charge in [-0.05, 0) is 6.42 Å². The summed E-state index contributed by atoms with van der Waals surface area (Å²) in [4.78, 5) is 9.00. The molecule has 4 N–H and O–H groups in total. The molecule has 60 valence electrons. The zero-order chi connectivity index (χ0) is 8.41. The zero-order valence-corrected chi connectivity index (χ0v) is 6.47. The lowest BCUT2D eigenvalue weighted by molar-refractivity contribution is 0.256. The number of rotatable bonds is 3. The summed E-state index contributed by atoms with van der Waals surface area (Å²) < 4.78 is 0. The van der Waals surface area contributed by atoms with Gasteiger partial charge in [0, 0.05) is 0 Å². The van der Waals surface area contributed by atoms with Crippen LogP contribution in [0.25, 0.3) is 0 Å². The van der Waals surface area contributed by atoms with Gasteiger partial charge in [-0.25, -0.2) is 4.79 Å². The first-order valence-electron chi connectivity index (χ1n) is 3.31. The van der Waals surface area contributed by atoms with Crippen LogP contribution in [0.4, 0.5) is 4.79 Å². The van der Waals surface area contributed by atoms with Gasteiger partial charge in [0.2, 0.25) is 0 Å². The number of amides is 2. The van der Waals surface area contributed by atoms with E-state index in [0.29, 0.717) is 0 Å². The third-order valence-corrected chi connectivity index (χ3v) is 0.762. The first kappa shape index (κ1) is 11.8. The van der Waals surface area contributed by atoms with Crippen molar-refractivity contribution in [2.75, 3.05) is 0 Å². The molecule has 2 amide bonds. The van der Waals surface area contributed by atoms with Crippen molar-refractivity contribution in [3.05, 3.63) is 12.7 Å². The van der Waals surface area contributed by atoms with E-state index in [9.17, 15) is 0 Å². The van der Waals surface area contributed by atoms with Crippen LogP contribution in [-0.4, -0.2) is 6.03 Å². The molecule has 0 rings (SSSR count). The molecule has 0 fully saturated rings. The van der Waals surface area contributed by atoms with E-state index in [1.807, 2.05) is 6.08 Å². The van der Waals surface area contributed by atoms with Gasteiger partial charge in [-0.15, -0.1) is 6.58 Å². The molecule has 0 aliphatic heterocycles. The number of primary amides is 2. The number of urea groups is 1. The molecule has 0 radical (unpaired) electrons. The van der Waals surface area contributed by atoms with Gasteiger partial charge >= 0.3 is 6.03 Å². The van der Waals surface area contributed by atoms with Crippen molar-refractivity contribution in [3.63, 3.8) is 0 Å². The molecule has 0 saturated carbocycles. The molecule has 0 aliphatic rings. The molecule has 0 heterocycles. The van der Waals surface area contributed by atoms with Crippen LogP contribution in [0.5, 0.6) is 0 Å². The van der Waals surface area contributed by atoms with Crippen LogP contribution in [0.2, 0.25) is 0 Å². The highest BCUT2D eigenvalue weighted by molar-refractivity contribution is 5.69. The topological polar surface area (TPSA) is 69.1 Å². The quantitative estimate of drug-likeness (QED) is 0.456. The van der Waals surface area contributed by atoms with E-state index in [1.165, 1.54) is 19.3 Å². The predicted molar refractivity (Wildman–Crippen MR) is 43.5 cm³/mol. The Bertz CT molecular complexity index is 87.6. The van der Waals surface area contributed by atoms with Gasteiger partial charge in [-0.2, -0.15) is 0 Å². The molecular weight excluding hydrogens is 128 g/mol.